The van der Waals surface area contributed by atoms with Gasteiger partial charge in [-0.25, -0.2) is 26.9 Å². The van der Waals surface area contributed by atoms with Gasteiger partial charge >= 0.3 is 6.03 Å². The number of nitrogens with one attached hydrogen (secondary N) is 2. The van der Waals surface area contributed by atoms with Crippen LogP contribution in [0, 0.1) is 5.82 Å². The Balaban J connectivity index is 1.61. The van der Waals surface area contributed by atoms with Gasteiger partial charge in [0.05, 0.1) is 10.0 Å². The highest BCUT2D eigenvalue weighted by atomic mass is 35.5. The van der Waals surface area contributed by atoms with Crippen LogP contribution in [0.15, 0.2) is 63.6 Å². The van der Waals surface area contributed by atoms with Gasteiger partial charge in [0.25, 0.3) is 15.6 Å². The van der Waals surface area contributed by atoms with Gasteiger partial charge in [-0.05, 0) is 53.9 Å². The number of anilines is 2. The van der Waals surface area contributed by atoms with Gasteiger partial charge in [0.15, 0.2) is 0 Å². The average Bonchev–Trinajstić information content (AvgIpc) is 3.21. The van der Waals surface area contributed by atoms with E-state index in [-0.39, 0.29) is 19.9 Å². The van der Waals surface area contributed by atoms with E-state index in [4.69, 9.17) is 11.6 Å². The molecule has 0 aliphatic heterocycles. The third kappa shape index (κ3) is 4.94. The van der Waals surface area contributed by atoms with E-state index in [1.165, 1.54) is 30.3 Å². The summed E-state index contributed by atoms with van der Waals surface area (Å²) in [5.74, 6) is -1.38. The standard InChI is InChI=1S/C22H18ClFN4O5S2/c1-27(2)14-4-5-15-12(9-14)10-19(29)28(21(15)30)17-6-3-13(11-16(17)24)25-22(31)26-35(32,33)20-8-7-18(23)34-20/h3-11,30H,1-2H3,(H2,25,26,31). The lowest BCUT2D eigenvalue weighted by molar-refractivity contribution is 0.256. The highest BCUT2D eigenvalue weighted by Crippen LogP contribution is 2.30. The average molecular weight is 537 g/mol. The predicted octanol–water partition coefficient (Wildman–Crippen LogP) is 4.13. The van der Waals surface area contributed by atoms with Crippen LogP contribution in [0.25, 0.3) is 16.5 Å². The van der Waals surface area contributed by atoms with Crippen LogP contribution in [0.2, 0.25) is 4.34 Å². The SMILES string of the molecule is CN(C)c1ccc2c(O)n(-c3ccc(NC(=O)NS(=O)(=O)c4ccc(Cl)s4)cc3F)c(=O)cc2c1. The van der Waals surface area contributed by atoms with Crippen LogP contribution in [0.1, 0.15) is 0 Å². The highest BCUT2D eigenvalue weighted by Gasteiger charge is 2.21. The number of hydrogen-bond acceptors (Lipinski definition) is 7. The fourth-order valence-corrected chi connectivity index (χ4v) is 5.73. The van der Waals surface area contributed by atoms with E-state index in [0.29, 0.717) is 10.8 Å². The van der Waals surface area contributed by atoms with E-state index in [9.17, 15) is 27.5 Å². The molecule has 0 atom stereocenters. The number of amides is 2. The Morgan fingerprint density at radius 1 is 1.11 bits per heavy atom. The molecular weight excluding hydrogens is 519 g/mol. The number of carbonyl (C=O) groups excluding carboxylic acids is 1. The first-order valence-electron chi connectivity index (χ1n) is 9.91. The Labute approximate surface area is 208 Å². The Morgan fingerprint density at radius 2 is 1.86 bits per heavy atom. The lowest BCUT2D eigenvalue weighted by Gasteiger charge is -2.16. The zero-order valence-electron chi connectivity index (χ0n) is 18.2. The van der Waals surface area contributed by atoms with Crippen molar-refractivity contribution in [1.82, 2.24) is 9.29 Å². The Morgan fingerprint density at radius 3 is 2.49 bits per heavy atom. The molecule has 0 saturated heterocycles. The van der Waals surface area contributed by atoms with Gasteiger partial charge in [0.2, 0.25) is 5.88 Å². The minimum atomic E-state index is -4.16. The fourth-order valence-electron chi connectivity index (χ4n) is 3.34. The van der Waals surface area contributed by atoms with Crippen molar-refractivity contribution >= 4 is 61.1 Å². The largest absolute Gasteiger partial charge is 0.494 e. The number of halogens is 2. The van der Waals surface area contributed by atoms with Crippen molar-refractivity contribution in [2.75, 3.05) is 24.3 Å². The lowest BCUT2D eigenvalue weighted by Crippen LogP contribution is -2.34. The van der Waals surface area contributed by atoms with Crippen LogP contribution in [-0.2, 0) is 10.0 Å². The number of carbonyl (C=O) groups is 1. The number of pyridine rings is 1. The van der Waals surface area contributed by atoms with Gasteiger partial charge in [-0.2, -0.15) is 0 Å². The summed E-state index contributed by atoms with van der Waals surface area (Å²) in [4.78, 5) is 26.7. The van der Waals surface area contributed by atoms with Gasteiger partial charge in [0.1, 0.15) is 10.0 Å². The molecule has 0 bridgehead atoms. The molecule has 13 heteroatoms. The molecular formula is C22H18ClFN4O5S2. The fraction of sp³-hybridized carbons (Fsp3) is 0.0909. The van der Waals surface area contributed by atoms with E-state index in [1.54, 1.807) is 22.9 Å². The molecule has 0 saturated carbocycles. The molecule has 2 amide bonds. The van der Waals surface area contributed by atoms with Crippen LogP contribution >= 0.6 is 22.9 Å². The minimum absolute atomic E-state index is 0.0767. The molecule has 2 heterocycles. The van der Waals surface area contributed by atoms with E-state index in [1.807, 2.05) is 19.0 Å². The molecule has 35 heavy (non-hydrogen) atoms. The van der Waals surface area contributed by atoms with Crippen molar-refractivity contribution < 1.29 is 22.7 Å². The van der Waals surface area contributed by atoms with Crippen LogP contribution in [-0.4, -0.2) is 38.2 Å². The first kappa shape index (κ1) is 24.5. The molecule has 2 aromatic heterocycles. The van der Waals surface area contributed by atoms with Crippen molar-refractivity contribution in [3.05, 3.63) is 75.1 Å². The second kappa shape index (κ2) is 9.21. The molecule has 0 aliphatic carbocycles. The third-order valence-corrected chi connectivity index (χ3v) is 8.04. The van der Waals surface area contributed by atoms with Crippen molar-refractivity contribution in [1.29, 1.82) is 0 Å². The first-order chi connectivity index (χ1) is 16.5. The molecule has 0 fully saturated rings. The van der Waals surface area contributed by atoms with E-state index in [0.717, 1.165) is 27.7 Å². The molecule has 0 aliphatic rings. The molecule has 3 N–H and O–H groups in total. The van der Waals surface area contributed by atoms with Gasteiger partial charge in [-0.1, -0.05) is 11.6 Å². The number of benzene rings is 2. The van der Waals surface area contributed by atoms with Gasteiger partial charge in [-0.15, -0.1) is 11.3 Å². The van der Waals surface area contributed by atoms with Gasteiger partial charge < -0.3 is 15.3 Å². The van der Waals surface area contributed by atoms with Crippen LogP contribution in [0.3, 0.4) is 0 Å². The van der Waals surface area contributed by atoms with Crippen molar-refractivity contribution in [2.24, 2.45) is 0 Å². The smallest absolute Gasteiger partial charge is 0.333 e. The predicted molar refractivity (Wildman–Crippen MR) is 134 cm³/mol. The lowest BCUT2D eigenvalue weighted by atomic mass is 10.1. The summed E-state index contributed by atoms with van der Waals surface area (Å²) >= 11 is 6.50. The summed E-state index contributed by atoms with van der Waals surface area (Å²) in [6.07, 6.45) is 0. The quantitative estimate of drug-likeness (QED) is 0.353. The summed E-state index contributed by atoms with van der Waals surface area (Å²) in [5.41, 5.74) is -0.174. The van der Waals surface area contributed by atoms with Crippen molar-refractivity contribution in [3.63, 3.8) is 0 Å². The van der Waals surface area contributed by atoms with Crippen molar-refractivity contribution in [2.45, 2.75) is 4.21 Å². The van der Waals surface area contributed by atoms with Crippen LogP contribution in [0.5, 0.6) is 5.88 Å². The number of rotatable bonds is 5. The first-order valence-corrected chi connectivity index (χ1v) is 12.6. The van der Waals surface area contributed by atoms with Crippen molar-refractivity contribution in [3.8, 4) is 11.6 Å². The molecule has 4 rings (SSSR count). The Kier molecular flexibility index (Phi) is 6.45. The maximum atomic E-state index is 14.9. The number of fused-ring (bicyclic) bond motifs is 1. The number of aromatic nitrogens is 1. The Hall–Kier alpha value is -3.61. The number of aromatic hydroxyl groups is 1. The summed E-state index contributed by atoms with van der Waals surface area (Å²) in [5, 5.41) is 13.8. The normalized spacial score (nSPS) is 11.4. The number of sulfonamides is 1. The zero-order valence-corrected chi connectivity index (χ0v) is 20.6. The summed E-state index contributed by atoms with van der Waals surface area (Å²) < 4.78 is 42.1. The maximum Gasteiger partial charge on any atom is 0.333 e. The second-order valence-electron chi connectivity index (χ2n) is 7.59. The molecule has 2 aromatic carbocycles. The van der Waals surface area contributed by atoms with E-state index in [2.05, 4.69) is 5.32 Å². The summed E-state index contributed by atoms with van der Waals surface area (Å²) in [7, 11) is -0.496. The summed E-state index contributed by atoms with van der Waals surface area (Å²) in [6, 6.07) is 11.2. The molecule has 182 valence electrons. The minimum Gasteiger partial charge on any atom is -0.494 e. The monoisotopic (exact) mass is 536 g/mol. The molecule has 0 spiro atoms. The summed E-state index contributed by atoms with van der Waals surface area (Å²) in [6.45, 7) is 0. The molecule has 0 unspecified atom stereocenters. The van der Waals surface area contributed by atoms with Gasteiger partial charge in [0, 0.05) is 36.9 Å². The second-order valence-corrected chi connectivity index (χ2v) is 11.2. The molecule has 9 nitrogen and oxygen atoms in total. The topological polar surface area (TPSA) is 121 Å². The third-order valence-electron chi connectivity index (χ3n) is 4.99. The number of hydrogen-bond donors (Lipinski definition) is 3. The van der Waals surface area contributed by atoms with Crippen LogP contribution < -0.4 is 20.5 Å². The van der Waals surface area contributed by atoms with Gasteiger partial charge in [-0.3, -0.25) is 4.79 Å². The molecule has 4 aromatic rings. The van der Waals surface area contributed by atoms with E-state index >= 15 is 0 Å². The van der Waals surface area contributed by atoms with E-state index < -0.39 is 33.3 Å². The number of thiophene rings is 1. The molecule has 0 radical (unpaired) electrons. The number of urea groups is 1. The highest BCUT2D eigenvalue weighted by molar-refractivity contribution is 7.92. The van der Waals surface area contributed by atoms with Crippen LogP contribution in [0.4, 0.5) is 20.6 Å². The maximum absolute atomic E-state index is 14.9. The number of nitrogens with zero attached hydrogens (tertiary/aromatic N) is 2. The zero-order chi connectivity index (χ0) is 25.5. The Bertz CT molecular complexity index is 1630.